The summed E-state index contributed by atoms with van der Waals surface area (Å²) in [6, 6.07) is 8.27. The molecule has 1 saturated heterocycles. The van der Waals surface area contributed by atoms with Gasteiger partial charge >= 0.3 is 0 Å². The van der Waals surface area contributed by atoms with E-state index in [2.05, 4.69) is 9.89 Å². The lowest BCUT2D eigenvalue weighted by Crippen LogP contribution is -2.51. The Morgan fingerprint density at radius 1 is 0.929 bits per heavy atom. The van der Waals surface area contributed by atoms with Gasteiger partial charge < -0.3 is 15.5 Å². The van der Waals surface area contributed by atoms with Gasteiger partial charge in [-0.15, -0.1) is 24.0 Å². The molecule has 0 saturated carbocycles. The Bertz CT molecular complexity index is 798. The number of rotatable bonds is 4. The molecule has 0 unspecified atom stereocenters. The molecule has 3 rings (SSSR count). The fraction of sp³-hybridized carbons (Fsp3) is 0.316. The average Bonchev–Trinajstić information content (AvgIpc) is 2.66. The number of guanidine groups is 1. The SMILES string of the molecule is I.NC(=NCCc1cc(F)c(F)c(F)c1)N1CCN(c2ccc(F)cc2)CC1. The normalized spacial score (nSPS) is 14.8. The Hall–Kier alpha value is -2.04. The van der Waals surface area contributed by atoms with Crippen LogP contribution in [-0.2, 0) is 6.42 Å². The molecule has 1 heterocycles. The van der Waals surface area contributed by atoms with Crippen molar-refractivity contribution >= 4 is 35.6 Å². The third-order valence-corrected chi connectivity index (χ3v) is 4.51. The van der Waals surface area contributed by atoms with Crippen LogP contribution < -0.4 is 10.6 Å². The molecule has 0 radical (unpaired) electrons. The van der Waals surface area contributed by atoms with Gasteiger partial charge in [0.2, 0.25) is 0 Å². The van der Waals surface area contributed by atoms with Gasteiger partial charge in [0.05, 0.1) is 0 Å². The van der Waals surface area contributed by atoms with Crippen molar-refractivity contribution in [2.45, 2.75) is 6.42 Å². The molecule has 1 fully saturated rings. The standard InChI is InChI=1S/C19H20F4N4.HI/c20-14-1-3-15(4-2-14)26-7-9-27(10-8-26)19(24)25-6-5-13-11-16(21)18(23)17(22)12-13;/h1-4,11-12H,5-10H2,(H2,24,25);1H. The van der Waals surface area contributed by atoms with E-state index in [0.717, 1.165) is 30.9 Å². The summed E-state index contributed by atoms with van der Waals surface area (Å²) in [5, 5.41) is 0. The molecule has 2 aromatic carbocycles. The van der Waals surface area contributed by atoms with Crippen molar-refractivity contribution in [3.05, 3.63) is 65.2 Å². The minimum atomic E-state index is -1.47. The number of piperazine rings is 1. The number of hydrogen-bond donors (Lipinski definition) is 1. The summed E-state index contributed by atoms with van der Waals surface area (Å²) in [6.07, 6.45) is 0.254. The Labute approximate surface area is 178 Å². The van der Waals surface area contributed by atoms with Gasteiger partial charge in [-0.05, 0) is 48.4 Å². The van der Waals surface area contributed by atoms with Crippen molar-refractivity contribution in [3.8, 4) is 0 Å². The molecule has 0 aromatic heterocycles. The summed E-state index contributed by atoms with van der Waals surface area (Å²) in [4.78, 5) is 8.30. The largest absolute Gasteiger partial charge is 0.370 e. The monoisotopic (exact) mass is 508 g/mol. The van der Waals surface area contributed by atoms with E-state index < -0.39 is 17.5 Å². The Morgan fingerprint density at radius 2 is 1.50 bits per heavy atom. The maximum atomic E-state index is 13.2. The van der Waals surface area contributed by atoms with Crippen LogP contribution in [0.1, 0.15) is 5.56 Å². The van der Waals surface area contributed by atoms with Gasteiger partial charge in [-0.1, -0.05) is 0 Å². The first kappa shape index (κ1) is 22.3. The number of nitrogens with zero attached hydrogens (tertiary/aromatic N) is 3. The lowest BCUT2D eigenvalue weighted by atomic mass is 10.1. The van der Waals surface area contributed by atoms with Crippen LogP contribution in [0.25, 0.3) is 0 Å². The maximum absolute atomic E-state index is 13.2. The van der Waals surface area contributed by atoms with E-state index in [1.165, 1.54) is 12.1 Å². The molecule has 28 heavy (non-hydrogen) atoms. The number of anilines is 1. The zero-order valence-electron chi connectivity index (χ0n) is 15.0. The minimum absolute atomic E-state index is 0. The third kappa shape index (κ3) is 5.49. The molecule has 2 N–H and O–H groups in total. The van der Waals surface area contributed by atoms with Crippen molar-refractivity contribution < 1.29 is 17.6 Å². The molecule has 0 bridgehead atoms. The van der Waals surface area contributed by atoms with E-state index in [0.29, 0.717) is 24.6 Å². The van der Waals surface area contributed by atoms with Crippen LogP contribution in [0.5, 0.6) is 0 Å². The highest BCUT2D eigenvalue weighted by atomic mass is 127. The van der Waals surface area contributed by atoms with Gasteiger partial charge in [-0.2, -0.15) is 0 Å². The van der Waals surface area contributed by atoms with Crippen LogP contribution in [0, 0.1) is 23.3 Å². The zero-order chi connectivity index (χ0) is 19.4. The van der Waals surface area contributed by atoms with Crippen LogP contribution in [-0.4, -0.2) is 43.6 Å². The van der Waals surface area contributed by atoms with Crippen LogP contribution >= 0.6 is 24.0 Å². The molecular formula is C19H21F4IN4. The van der Waals surface area contributed by atoms with E-state index in [9.17, 15) is 17.6 Å². The number of nitrogens with two attached hydrogens (primary N) is 1. The number of aliphatic imine (C=N–C) groups is 1. The summed E-state index contributed by atoms with van der Waals surface area (Å²) in [6.45, 7) is 3.00. The van der Waals surface area contributed by atoms with Gasteiger partial charge in [-0.3, -0.25) is 4.99 Å². The van der Waals surface area contributed by atoms with E-state index in [1.54, 1.807) is 12.1 Å². The second-order valence-electron chi connectivity index (χ2n) is 6.31. The smallest absolute Gasteiger partial charge is 0.194 e. The Morgan fingerprint density at radius 3 is 2.07 bits per heavy atom. The second kappa shape index (κ2) is 9.94. The molecule has 0 amide bonds. The highest BCUT2D eigenvalue weighted by Gasteiger charge is 2.18. The lowest BCUT2D eigenvalue weighted by Gasteiger charge is -2.36. The fourth-order valence-corrected chi connectivity index (χ4v) is 3.00. The van der Waals surface area contributed by atoms with Crippen molar-refractivity contribution in [1.29, 1.82) is 0 Å². The molecule has 2 aromatic rings. The summed E-state index contributed by atoms with van der Waals surface area (Å²) in [5.41, 5.74) is 7.27. The van der Waals surface area contributed by atoms with Crippen molar-refractivity contribution in [2.24, 2.45) is 10.7 Å². The van der Waals surface area contributed by atoms with E-state index >= 15 is 0 Å². The van der Waals surface area contributed by atoms with Gasteiger partial charge in [0.1, 0.15) is 5.82 Å². The molecule has 1 aliphatic rings. The highest BCUT2D eigenvalue weighted by molar-refractivity contribution is 14.0. The molecule has 0 atom stereocenters. The lowest BCUT2D eigenvalue weighted by molar-refractivity contribution is 0.381. The maximum Gasteiger partial charge on any atom is 0.194 e. The quantitative estimate of drug-likeness (QED) is 0.226. The van der Waals surface area contributed by atoms with Crippen molar-refractivity contribution in [3.63, 3.8) is 0 Å². The number of halogens is 5. The summed E-state index contributed by atoms with van der Waals surface area (Å²) in [7, 11) is 0. The van der Waals surface area contributed by atoms with Gasteiger partial charge in [0.25, 0.3) is 0 Å². The molecule has 1 aliphatic heterocycles. The first-order valence-corrected chi connectivity index (χ1v) is 8.63. The minimum Gasteiger partial charge on any atom is -0.370 e. The van der Waals surface area contributed by atoms with Gasteiger partial charge in [0, 0.05) is 38.4 Å². The number of hydrogen-bond acceptors (Lipinski definition) is 2. The first-order chi connectivity index (χ1) is 12.9. The van der Waals surface area contributed by atoms with E-state index in [1.807, 2.05) is 4.90 Å². The summed E-state index contributed by atoms with van der Waals surface area (Å²) < 4.78 is 52.4. The van der Waals surface area contributed by atoms with Crippen LogP contribution in [0.4, 0.5) is 23.2 Å². The third-order valence-electron chi connectivity index (χ3n) is 4.51. The number of benzene rings is 2. The van der Waals surface area contributed by atoms with Gasteiger partial charge in [0.15, 0.2) is 23.4 Å². The van der Waals surface area contributed by atoms with Crippen molar-refractivity contribution in [2.75, 3.05) is 37.6 Å². The van der Waals surface area contributed by atoms with E-state index in [4.69, 9.17) is 5.73 Å². The van der Waals surface area contributed by atoms with Crippen molar-refractivity contribution in [1.82, 2.24) is 4.90 Å². The average molecular weight is 508 g/mol. The van der Waals surface area contributed by atoms with Crippen LogP contribution in [0.3, 0.4) is 0 Å². The first-order valence-electron chi connectivity index (χ1n) is 8.63. The fourth-order valence-electron chi connectivity index (χ4n) is 3.00. The Balaban J connectivity index is 0.00000280. The zero-order valence-corrected chi connectivity index (χ0v) is 17.4. The summed E-state index contributed by atoms with van der Waals surface area (Å²) >= 11 is 0. The molecule has 0 spiro atoms. The predicted octanol–water partition coefficient (Wildman–Crippen LogP) is 3.54. The molecule has 4 nitrogen and oxygen atoms in total. The van der Waals surface area contributed by atoms with E-state index in [-0.39, 0.29) is 42.8 Å². The van der Waals surface area contributed by atoms with Crippen LogP contribution in [0.2, 0.25) is 0 Å². The van der Waals surface area contributed by atoms with Crippen LogP contribution in [0.15, 0.2) is 41.4 Å². The summed E-state index contributed by atoms with van der Waals surface area (Å²) in [5.74, 6) is -3.80. The topological polar surface area (TPSA) is 44.9 Å². The molecular weight excluding hydrogens is 487 g/mol. The highest BCUT2D eigenvalue weighted by Crippen LogP contribution is 2.17. The molecule has 152 valence electrons. The molecule has 9 heteroatoms. The van der Waals surface area contributed by atoms with Gasteiger partial charge in [-0.25, -0.2) is 17.6 Å². The second-order valence-corrected chi connectivity index (χ2v) is 6.31. The predicted molar refractivity (Wildman–Crippen MR) is 112 cm³/mol. The Kier molecular flexibility index (Phi) is 7.90. The molecule has 0 aliphatic carbocycles.